The molecule has 2 aromatic rings. The zero-order valence-corrected chi connectivity index (χ0v) is 20.3. The highest BCUT2D eigenvalue weighted by atomic mass is 35.5. The van der Waals surface area contributed by atoms with Gasteiger partial charge in [0.05, 0.1) is 16.1 Å². The Balaban J connectivity index is 1.67. The fourth-order valence-corrected chi connectivity index (χ4v) is 5.61. The maximum absolute atomic E-state index is 11.4. The Hall–Kier alpha value is -2.83. The zero-order chi connectivity index (χ0) is 23.8. The number of nitrogens with two attached hydrogens (primary N) is 1. The first-order valence-corrected chi connectivity index (χ1v) is 11.6. The van der Waals surface area contributed by atoms with Crippen molar-refractivity contribution < 1.29 is 4.79 Å². The van der Waals surface area contributed by atoms with Gasteiger partial charge in [-0.1, -0.05) is 30.3 Å². The zero-order valence-electron chi connectivity index (χ0n) is 19.6. The van der Waals surface area contributed by atoms with Crippen molar-refractivity contribution in [2.75, 3.05) is 26.0 Å². The summed E-state index contributed by atoms with van der Waals surface area (Å²) in [4.78, 5) is 23.2. The molecule has 1 heterocycles. The quantitative estimate of drug-likeness (QED) is 0.331. The lowest BCUT2D eigenvalue weighted by atomic mass is 9.55. The second-order valence-electron chi connectivity index (χ2n) is 9.36. The summed E-state index contributed by atoms with van der Waals surface area (Å²) in [7, 11) is 5.84. The molecule has 1 spiro atoms. The average Bonchev–Trinajstić information content (AvgIpc) is 3.48. The van der Waals surface area contributed by atoms with Crippen molar-refractivity contribution in [3.63, 3.8) is 0 Å². The van der Waals surface area contributed by atoms with Crippen LogP contribution in [0.3, 0.4) is 0 Å². The molecule has 0 amide bonds. The van der Waals surface area contributed by atoms with Crippen molar-refractivity contribution in [1.82, 2.24) is 9.88 Å². The van der Waals surface area contributed by atoms with Crippen LogP contribution in [-0.2, 0) is 12.0 Å². The Morgan fingerprint density at radius 1 is 1.30 bits per heavy atom. The summed E-state index contributed by atoms with van der Waals surface area (Å²) in [6.45, 7) is 4.27. The number of amidine groups is 1. The molecule has 1 aromatic carbocycles. The standard InChI is InChI=1S/C26H32ClN5O/c1-5-31(3)24(29-2)26(16-25(17-26)9-10-25)18-7-6-8-20(11-18)32(4)14-22(27)21-12-19(13-28)30-23(21)15-33/h5-8,11-12,14-15,30H,1,9-10,13,16-17,28H2,2-4H3/b22-14+,29-24?. The molecule has 0 bridgehead atoms. The first-order valence-electron chi connectivity index (χ1n) is 11.2. The second-order valence-corrected chi connectivity index (χ2v) is 9.77. The third-order valence-electron chi connectivity index (χ3n) is 7.17. The number of aromatic amines is 1. The molecule has 2 aliphatic rings. The predicted octanol–water partition coefficient (Wildman–Crippen LogP) is 4.87. The van der Waals surface area contributed by atoms with Crippen LogP contribution in [0, 0.1) is 5.41 Å². The maximum Gasteiger partial charge on any atom is 0.166 e. The number of rotatable bonds is 8. The van der Waals surface area contributed by atoms with Crippen LogP contribution in [0.1, 0.15) is 53.0 Å². The molecule has 7 heteroatoms. The smallest absolute Gasteiger partial charge is 0.166 e. The lowest BCUT2D eigenvalue weighted by Crippen LogP contribution is -2.53. The van der Waals surface area contributed by atoms with Gasteiger partial charge in [0.1, 0.15) is 5.84 Å². The van der Waals surface area contributed by atoms with Crippen LogP contribution in [0.2, 0.25) is 0 Å². The molecule has 4 rings (SSSR count). The molecule has 3 N–H and O–H groups in total. The number of H-pyrrole nitrogens is 1. The number of likely N-dealkylation sites (N-methyl/N-ethyl adjacent to an activating group) is 1. The average molecular weight is 466 g/mol. The summed E-state index contributed by atoms with van der Waals surface area (Å²) >= 11 is 6.62. The Labute approximate surface area is 200 Å². The number of carbonyl (C=O) groups is 1. The minimum atomic E-state index is -0.111. The fourth-order valence-electron chi connectivity index (χ4n) is 5.31. The molecule has 2 fully saturated rings. The van der Waals surface area contributed by atoms with E-state index in [-0.39, 0.29) is 5.41 Å². The molecular formula is C26H32ClN5O. The van der Waals surface area contributed by atoms with Gasteiger partial charge in [-0.15, -0.1) is 0 Å². The highest BCUT2D eigenvalue weighted by Gasteiger charge is 2.63. The van der Waals surface area contributed by atoms with Gasteiger partial charge in [0.2, 0.25) is 0 Å². The largest absolute Gasteiger partial charge is 0.355 e. The number of carbonyl (C=O) groups excluding carboxylic acids is 1. The second kappa shape index (κ2) is 8.84. The number of anilines is 1. The molecule has 2 saturated carbocycles. The van der Waals surface area contributed by atoms with Crippen LogP contribution in [0.15, 0.2) is 54.3 Å². The van der Waals surface area contributed by atoms with Crippen LogP contribution in [0.4, 0.5) is 5.69 Å². The van der Waals surface area contributed by atoms with Gasteiger partial charge in [0.15, 0.2) is 6.29 Å². The number of halogens is 1. The predicted molar refractivity (Wildman–Crippen MR) is 137 cm³/mol. The molecule has 6 nitrogen and oxygen atoms in total. The third-order valence-corrected chi connectivity index (χ3v) is 7.47. The Bertz CT molecular complexity index is 1120. The molecule has 0 radical (unpaired) electrons. The first-order chi connectivity index (χ1) is 15.8. The van der Waals surface area contributed by atoms with Crippen LogP contribution < -0.4 is 10.6 Å². The Kier molecular flexibility index (Phi) is 6.25. The van der Waals surface area contributed by atoms with E-state index < -0.39 is 0 Å². The van der Waals surface area contributed by atoms with E-state index in [9.17, 15) is 4.79 Å². The monoisotopic (exact) mass is 465 g/mol. The highest BCUT2D eigenvalue weighted by Crippen LogP contribution is 2.69. The van der Waals surface area contributed by atoms with E-state index in [4.69, 9.17) is 22.3 Å². The number of aromatic nitrogens is 1. The number of hydrogen-bond acceptors (Lipinski definition) is 4. The molecule has 174 valence electrons. The lowest BCUT2D eigenvalue weighted by Gasteiger charge is -2.51. The SMILES string of the molecule is C=CN(C)C(=NC)C1(c2cccc(N(C)/C=C(/Cl)c3cc(CN)[nH]c3C=O)c2)CC2(CC2)C1. The van der Waals surface area contributed by atoms with Crippen molar-refractivity contribution in [3.05, 3.63) is 71.8 Å². The summed E-state index contributed by atoms with van der Waals surface area (Å²) in [5, 5.41) is 0.471. The van der Waals surface area contributed by atoms with E-state index >= 15 is 0 Å². The Morgan fingerprint density at radius 3 is 2.61 bits per heavy atom. The number of benzene rings is 1. The summed E-state index contributed by atoms with van der Waals surface area (Å²) in [5.74, 6) is 1.06. The van der Waals surface area contributed by atoms with Crippen LogP contribution in [-0.4, -0.2) is 43.1 Å². The number of hydrogen-bond donors (Lipinski definition) is 2. The van der Waals surface area contributed by atoms with Gasteiger partial charge in [-0.3, -0.25) is 9.79 Å². The molecule has 2 aliphatic carbocycles. The highest BCUT2D eigenvalue weighted by molar-refractivity contribution is 6.49. The van der Waals surface area contributed by atoms with Gasteiger partial charge < -0.3 is 20.5 Å². The fraction of sp³-hybridized carbons (Fsp3) is 0.385. The van der Waals surface area contributed by atoms with Crippen molar-refractivity contribution >= 4 is 34.4 Å². The third kappa shape index (κ3) is 4.13. The molecule has 0 atom stereocenters. The maximum atomic E-state index is 11.4. The van der Waals surface area contributed by atoms with Gasteiger partial charge >= 0.3 is 0 Å². The minimum absolute atomic E-state index is 0.111. The van der Waals surface area contributed by atoms with Gasteiger partial charge in [0.25, 0.3) is 0 Å². The minimum Gasteiger partial charge on any atom is -0.355 e. The van der Waals surface area contributed by atoms with Crippen LogP contribution >= 0.6 is 11.6 Å². The summed E-state index contributed by atoms with van der Waals surface area (Å²) in [5.41, 5.74) is 10.2. The molecule has 0 aliphatic heterocycles. The van der Waals surface area contributed by atoms with Gasteiger partial charge in [-0.2, -0.15) is 0 Å². The number of aliphatic imine (C=N–C) groups is 1. The molecule has 1 aromatic heterocycles. The van der Waals surface area contributed by atoms with Gasteiger partial charge in [-0.25, -0.2) is 0 Å². The summed E-state index contributed by atoms with van der Waals surface area (Å²) in [6.07, 6.45) is 9.27. The summed E-state index contributed by atoms with van der Waals surface area (Å²) in [6, 6.07) is 10.4. The van der Waals surface area contributed by atoms with E-state index in [0.29, 0.717) is 28.2 Å². The number of nitrogens with one attached hydrogen (secondary N) is 1. The normalized spacial score (nSPS) is 18.6. The number of nitrogens with zero attached hydrogens (tertiary/aromatic N) is 3. The van der Waals surface area contributed by atoms with Crippen molar-refractivity contribution in [3.8, 4) is 0 Å². The van der Waals surface area contributed by atoms with E-state index in [0.717, 1.165) is 36.3 Å². The molecular weight excluding hydrogens is 434 g/mol. The molecule has 0 unspecified atom stereocenters. The van der Waals surface area contributed by atoms with E-state index in [1.807, 2.05) is 49.4 Å². The topological polar surface area (TPSA) is 77.7 Å². The van der Waals surface area contributed by atoms with Gasteiger partial charge in [-0.05, 0) is 61.1 Å². The van der Waals surface area contributed by atoms with Crippen LogP contribution in [0.5, 0.6) is 0 Å². The summed E-state index contributed by atoms with van der Waals surface area (Å²) < 4.78 is 0. The number of aldehydes is 1. The van der Waals surface area contributed by atoms with Crippen molar-refractivity contribution in [1.29, 1.82) is 0 Å². The first kappa shape index (κ1) is 23.3. The van der Waals surface area contributed by atoms with Crippen molar-refractivity contribution in [2.24, 2.45) is 16.1 Å². The van der Waals surface area contributed by atoms with Crippen molar-refractivity contribution in [2.45, 2.75) is 37.6 Å². The Morgan fingerprint density at radius 2 is 2.03 bits per heavy atom. The molecule has 33 heavy (non-hydrogen) atoms. The van der Waals surface area contributed by atoms with Gasteiger partial charge in [0, 0.05) is 50.8 Å². The van der Waals surface area contributed by atoms with E-state index in [1.165, 1.54) is 18.4 Å². The van der Waals surface area contributed by atoms with E-state index in [2.05, 4.69) is 35.8 Å². The van der Waals surface area contributed by atoms with Crippen LogP contribution in [0.25, 0.3) is 5.03 Å². The lowest BCUT2D eigenvalue weighted by molar-refractivity contribution is 0.111. The molecule has 0 saturated heterocycles. The van der Waals surface area contributed by atoms with E-state index in [1.54, 1.807) is 0 Å².